The number of fused-ring (bicyclic) bond motifs is 1. The lowest BCUT2D eigenvalue weighted by Gasteiger charge is -2.10. The molecule has 9 heteroatoms. The topological polar surface area (TPSA) is 99.9 Å². The van der Waals surface area contributed by atoms with Crippen LogP contribution < -0.4 is 19.5 Å². The van der Waals surface area contributed by atoms with Crippen LogP contribution in [0.4, 0.5) is 0 Å². The molecular weight excluding hydrogens is 422 g/mol. The fourth-order valence-electron chi connectivity index (χ4n) is 3.42. The minimum atomic E-state index is -0.0566. The summed E-state index contributed by atoms with van der Waals surface area (Å²) in [6, 6.07) is 16.8. The predicted octanol–water partition coefficient (Wildman–Crippen LogP) is 2.85. The number of aromatic nitrogens is 4. The van der Waals surface area contributed by atoms with Gasteiger partial charge in [-0.3, -0.25) is 4.79 Å². The highest BCUT2D eigenvalue weighted by Crippen LogP contribution is 2.32. The summed E-state index contributed by atoms with van der Waals surface area (Å²) >= 11 is 0. The van der Waals surface area contributed by atoms with E-state index in [0.29, 0.717) is 47.4 Å². The number of nitrogens with zero attached hydrogens (tertiary/aromatic N) is 4. The van der Waals surface area contributed by atoms with Crippen molar-refractivity contribution in [1.29, 1.82) is 0 Å². The summed E-state index contributed by atoms with van der Waals surface area (Å²) in [5, 5.41) is 15.8. The number of amides is 1. The summed E-state index contributed by atoms with van der Waals surface area (Å²) < 4.78 is 18.1. The molecule has 2 heterocycles. The van der Waals surface area contributed by atoms with Gasteiger partial charge < -0.3 is 19.5 Å². The zero-order valence-corrected chi connectivity index (χ0v) is 18.7. The summed E-state index contributed by atoms with van der Waals surface area (Å²) in [7, 11) is 3.18. The first-order valence-electron chi connectivity index (χ1n) is 10.5. The molecule has 0 fully saturated rings. The second-order valence-electron chi connectivity index (χ2n) is 7.40. The third kappa shape index (κ3) is 5.20. The van der Waals surface area contributed by atoms with Crippen molar-refractivity contribution >= 4 is 11.6 Å². The summed E-state index contributed by atoms with van der Waals surface area (Å²) in [5.41, 5.74) is 3.37. The number of carbonyl (C=O) groups is 1. The number of benzene rings is 2. The molecule has 33 heavy (non-hydrogen) atoms. The molecule has 0 aliphatic carbocycles. The molecule has 0 aliphatic rings. The van der Waals surface area contributed by atoms with Gasteiger partial charge >= 0.3 is 0 Å². The minimum absolute atomic E-state index is 0.0566. The molecule has 2 aromatic heterocycles. The van der Waals surface area contributed by atoms with E-state index in [1.165, 1.54) is 0 Å². The molecule has 4 aromatic rings. The maximum absolute atomic E-state index is 12.2. The van der Waals surface area contributed by atoms with Gasteiger partial charge in [-0.25, -0.2) is 0 Å². The highest BCUT2D eigenvalue weighted by atomic mass is 16.5. The van der Waals surface area contributed by atoms with Crippen molar-refractivity contribution in [1.82, 2.24) is 25.1 Å². The molecule has 0 saturated heterocycles. The van der Waals surface area contributed by atoms with Crippen LogP contribution in [0, 0.1) is 6.92 Å². The Bertz CT molecular complexity index is 1270. The maximum atomic E-state index is 12.2. The highest BCUT2D eigenvalue weighted by Gasteiger charge is 2.16. The highest BCUT2D eigenvalue weighted by molar-refractivity contribution is 5.78. The van der Waals surface area contributed by atoms with Gasteiger partial charge in [0.15, 0.2) is 11.5 Å². The smallest absolute Gasteiger partial charge is 0.231 e. The Morgan fingerprint density at radius 3 is 2.70 bits per heavy atom. The summed E-state index contributed by atoms with van der Waals surface area (Å²) in [6.45, 7) is 2.64. The van der Waals surface area contributed by atoms with Gasteiger partial charge in [-0.05, 0) is 36.8 Å². The molecule has 9 nitrogen and oxygen atoms in total. The quantitative estimate of drug-likeness (QED) is 0.394. The van der Waals surface area contributed by atoms with Crippen LogP contribution in [0.2, 0.25) is 0 Å². The zero-order chi connectivity index (χ0) is 23.2. The largest absolute Gasteiger partial charge is 0.497 e. The van der Waals surface area contributed by atoms with Gasteiger partial charge in [0, 0.05) is 6.07 Å². The van der Waals surface area contributed by atoms with Crippen molar-refractivity contribution in [2.24, 2.45) is 0 Å². The Morgan fingerprint density at radius 2 is 1.91 bits per heavy atom. The first kappa shape index (κ1) is 22.1. The number of hydrogen-bond acceptors (Lipinski definition) is 7. The predicted molar refractivity (Wildman–Crippen MR) is 123 cm³/mol. The van der Waals surface area contributed by atoms with Crippen LogP contribution >= 0.6 is 0 Å². The van der Waals surface area contributed by atoms with E-state index in [2.05, 4.69) is 20.6 Å². The molecule has 4 rings (SSSR count). The van der Waals surface area contributed by atoms with E-state index in [9.17, 15) is 4.79 Å². The molecule has 1 N–H and O–H groups in total. The molecule has 0 saturated carbocycles. The normalized spacial score (nSPS) is 10.8. The van der Waals surface area contributed by atoms with Crippen LogP contribution in [0.15, 0.2) is 54.6 Å². The second-order valence-corrected chi connectivity index (χ2v) is 7.40. The first-order chi connectivity index (χ1) is 16.1. The molecule has 170 valence electrons. The monoisotopic (exact) mass is 447 g/mol. The van der Waals surface area contributed by atoms with Gasteiger partial charge in [0.25, 0.3) is 0 Å². The molecule has 0 aliphatic heterocycles. The fourth-order valence-corrected chi connectivity index (χ4v) is 3.42. The molecule has 2 aromatic carbocycles. The summed E-state index contributed by atoms with van der Waals surface area (Å²) in [6.07, 6.45) is 0.332. The minimum Gasteiger partial charge on any atom is -0.497 e. The van der Waals surface area contributed by atoms with E-state index in [0.717, 1.165) is 11.1 Å². The lowest BCUT2D eigenvalue weighted by Crippen LogP contribution is -2.29. The van der Waals surface area contributed by atoms with Crippen LogP contribution in [0.25, 0.3) is 17.0 Å². The molecule has 0 bridgehead atoms. The van der Waals surface area contributed by atoms with Crippen molar-refractivity contribution < 1.29 is 19.0 Å². The Kier molecular flexibility index (Phi) is 6.68. The zero-order valence-electron chi connectivity index (χ0n) is 18.7. The molecule has 0 radical (unpaired) electrons. The number of rotatable bonds is 9. The summed E-state index contributed by atoms with van der Waals surface area (Å²) in [5.74, 6) is 2.11. The van der Waals surface area contributed by atoms with Crippen LogP contribution in [0.3, 0.4) is 0 Å². The summed E-state index contributed by atoms with van der Waals surface area (Å²) in [4.78, 5) is 12.2. The van der Waals surface area contributed by atoms with Gasteiger partial charge in [0.1, 0.15) is 18.1 Å². The number of aryl methyl sites for hydroxylation is 1. The van der Waals surface area contributed by atoms with E-state index in [4.69, 9.17) is 14.2 Å². The van der Waals surface area contributed by atoms with Crippen molar-refractivity contribution in [2.75, 3.05) is 27.4 Å². The molecule has 0 unspecified atom stereocenters. The van der Waals surface area contributed by atoms with Crippen molar-refractivity contribution in [3.63, 3.8) is 0 Å². The van der Waals surface area contributed by atoms with Gasteiger partial charge in [0.05, 0.1) is 32.7 Å². The standard InChI is InChI=1S/C24H25N5O4/c1-16-5-4-6-17(13-16)14-22(30)25-11-12-33-23-10-9-21-26-27-24(29(21)28-23)19-15-18(31-2)7-8-20(19)32-3/h4-10,13,15H,11-12,14H2,1-3H3,(H,25,30). The van der Waals surface area contributed by atoms with Crippen molar-refractivity contribution in [3.05, 3.63) is 65.7 Å². The Labute approximate surface area is 191 Å². The van der Waals surface area contributed by atoms with Crippen LogP contribution in [0.5, 0.6) is 17.4 Å². The lowest BCUT2D eigenvalue weighted by atomic mass is 10.1. The van der Waals surface area contributed by atoms with Crippen molar-refractivity contribution in [3.8, 4) is 28.8 Å². The third-order valence-electron chi connectivity index (χ3n) is 5.01. The van der Waals surface area contributed by atoms with Crippen LogP contribution in [-0.4, -0.2) is 53.1 Å². The molecular formula is C24H25N5O4. The number of carbonyl (C=O) groups excluding carboxylic acids is 1. The average Bonchev–Trinajstić information content (AvgIpc) is 3.24. The number of nitrogens with one attached hydrogen (secondary N) is 1. The lowest BCUT2D eigenvalue weighted by molar-refractivity contribution is -0.120. The Morgan fingerprint density at radius 1 is 1.03 bits per heavy atom. The average molecular weight is 447 g/mol. The van der Waals surface area contributed by atoms with E-state index in [1.807, 2.05) is 37.3 Å². The van der Waals surface area contributed by atoms with Gasteiger partial charge in [-0.1, -0.05) is 29.8 Å². The van der Waals surface area contributed by atoms with Gasteiger partial charge in [0.2, 0.25) is 11.8 Å². The Hall–Kier alpha value is -4.14. The van der Waals surface area contributed by atoms with Gasteiger partial charge in [-0.2, -0.15) is 4.52 Å². The van der Waals surface area contributed by atoms with Gasteiger partial charge in [-0.15, -0.1) is 15.3 Å². The second kappa shape index (κ2) is 9.99. The fraction of sp³-hybridized carbons (Fsp3) is 0.250. The SMILES string of the molecule is COc1ccc(OC)c(-c2nnc3ccc(OCCNC(=O)Cc4cccc(C)c4)nn23)c1. The number of methoxy groups -OCH3 is 2. The molecule has 1 amide bonds. The van der Waals surface area contributed by atoms with E-state index >= 15 is 0 Å². The van der Waals surface area contributed by atoms with Crippen LogP contribution in [0.1, 0.15) is 11.1 Å². The third-order valence-corrected chi connectivity index (χ3v) is 5.01. The molecule has 0 spiro atoms. The van der Waals surface area contributed by atoms with E-state index in [-0.39, 0.29) is 12.5 Å². The molecule has 0 atom stereocenters. The Balaban J connectivity index is 1.41. The first-order valence-corrected chi connectivity index (χ1v) is 10.5. The van der Waals surface area contributed by atoms with E-state index in [1.54, 1.807) is 43.0 Å². The van der Waals surface area contributed by atoms with E-state index < -0.39 is 0 Å². The number of ether oxygens (including phenoxy) is 3. The maximum Gasteiger partial charge on any atom is 0.231 e. The van der Waals surface area contributed by atoms with Crippen LogP contribution in [-0.2, 0) is 11.2 Å². The number of hydrogen-bond donors (Lipinski definition) is 1. The van der Waals surface area contributed by atoms with Crippen molar-refractivity contribution in [2.45, 2.75) is 13.3 Å².